The van der Waals surface area contributed by atoms with E-state index in [1.54, 1.807) is 18.3 Å². The van der Waals surface area contributed by atoms with Crippen LogP contribution in [0.5, 0.6) is 5.75 Å². The number of benzene rings is 1. The van der Waals surface area contributed by atoms with Gasteiger partial charge < -0.3 is 9.64 Å². The number of amides is 1. The topological polar surface area (TPSA) is 42.4 Å². The van der Waals surface area contributed by atoms with Crippen molar-refractivity contribution in [1.82, 2.24) is 9.88 Å². The summed E-state index contributed by atoms with van der Waals surface area (Å²) in [6.45, 7) is 0.0281. The molecule has 0 bridgehead atoms. The van der Waals surface area contributed by atoms with Gasteiger partial charge >= 0.3 is 0 Å². The van der Waals surface area contributed by atoms with Gasteiger partial charge in [0.15, 0.2) is 6.61 Å². The molecule has 0 saturated heterocycles. The van der Waals surface area contributed by atoms with Gasteiger partial charge in [-0.3, -0.25) is 9.78 Å². The minimum Gasteiger partial charge on any atom is -0.481 e. The maximum Gasteiger partial charge on any atom is 0.260 e. The summed E-state index contributed by atoms with van der Waals surface area (Å²) in [5.74, 6) is 0.603. The summed E-state index contributed by atoms with van der Waals surface area (Å²) < 4.78 is 5.74. The first-order valence-electron chi connectivity index (χ1n) is 8.08. The lowest BCUT2D eigenvalue weighted by Crippen LogP contribution is -2.40. The van der Waals surface area contributed by atoms with Crippen LogP contribution in [0.15, 0.2) is 30.5 Å². The second-order valence-electron chi connectivity index (χ2n) is 6.03. The smallest absolute Gasteiger partial charge is 0.260 e. The zero-order valence-electron chi connectivity index (χ0n) is 13.3. The lowest BCUT2D eigenvalue weighted by Gasteiger charge is -2.31. The molecule has 0 radical (unpaired) electrons. The molecule has 1 aliphatic carbocycles. The number of halogens is 1. The fourth-order valence-electron chi connectivity index (χ4n) is 3.14. The maximum atomic E-state index is 12.4. The molecule has 0 unspecified atom stereocenters. The third-order valence-corrected chi connectivity index (χ3v) is 4.88. The first-order chi connectivity index (χ1) is 11.2. The van der Waals surface area contributed by atoms with Crippen molar-refractivity contribution < 1.29 is 9.53 Å². The van der Waals surface area contributed by atoms with Gasteiger partial charge in [0.2, 0.25) is 0 Å². The quantitative estimate of drug-likeness (QED) is 0.848. The highest BCUT2D eigenvalue weighted by Crippen LogP contribution is 2.29. The van der Waals surface area contributed by atoms with Gasteiger partial charge in [-0.15, -0.1) is 0 Å². The standard InChI is InChI=1S/C18H21ClN2O2/c1-21(13-6-3-2-4-7-13)17(22)12-23-16-10-9-15(19)14-8-5-11-20-18(14)16/h5,8-11,13H,2-4,6-7,12H2,1H3. The Kier molecular flexibility index (Phi) is 5.01. The van der Waals surface area contributed by atoms with E-state index in [1.165, 1.54) is 19.3 Å². The molecule has 1 fully saturated rings. The summed E-state index contributed by atoms with van der Waals surface area (Å²) in [6.07, 6.45) is 7.56. The first kappa shape index (κ1) is 16.1. The van der Waals surface area contributed by atoms with E-state index in [0.29, 0.717) is 22.3 Å². The number of aromatic nitrogens is 1. The van der Waals surface area contributed by atoms with Gasteiger partial charge in [0.25, 0.3) is 5.91 Å². The van der Waals surface area contributed by atoms with Gasteiger partial charge in [-0.1, -0.05) is 30.9 Å². The zero-order valence-corrected chi connectivity index (χ0v) is 14.1. The van der Waals surface area contributed by atoms with Crippen LogP contribution in [-0.2, 0) is 4.79 Å². The van der Waals surface area contributed by atoms with E-state index in [9.17, 15) is 4.79 Å². The molecule has 0 aliphatic heterocycles. The Bertz CT molecular complexity index is 698. The van der Waals surface area contributed by atoms with Crippen molar-refractivity contribution in [3.63, 3.8) is 0 Å². The van der Waals surface area contributed by atoms with Crippen LogP contribution in [0.2, 0.25) is 5.02 Å². The number of pyridine rings is 1. The molecule has 1 amide bonds. The summed E-state index contributed by atoms with van der Waals surface area (Å²) in [5, 5.41) is 1.46. The predicted octanol–water partition coefficient (Wildman–Crippen LogP) is 4.06. The van der Waals surface area contributed by atoms with Crippen molar-refractivity contribution in [3.8, 4) is 5.75 Å². The molecule has 2 aromatic rings. The molecule has 4 nitrogen and oxygen atoms in total. The summed E-state index contributed by atoms with van der Waals surface area (Å²) in [4.78, 5) is 18.5. The molecule has 1 aromatic heterocycles. The second-order valence-corrected chi connectivity index (χ2v) is 6.44. The van der Waals surface area contributed by atoms with Crippen LogP contribution in [0.4, 0.5) is 0 Å². The van der Waals surface area contributed by atoms with E-state index in [0.717, 1.165) is 18.2 Å². The number of carbonyl (C=O) groups is 1. The van der Waals surface area contributed by atoms with E-state index in [2.05, 4.69) is 4.98 Å². The predicted molar refractivity (Wildman–Crippen MR) is 91.9 cm³/mol. The van der Waals surface area contributed by atoms with Gasteiger partial charge in [0.05, 0.1) is 5.02 Å². The Morgan fingerprint density at radius 2 is 2.09 bits per heavy atom. The van der Waals surface area contributed by atoms with E-state index >= 15 is 0 Å². The molecule has 1 heterocycles. The third kappa shape index (κ3) is 3.58. The minimum absolute atomic E-state index is 0.0101. The number of carbonyl (C=O) groups excluding carboxylic acids is 1. The Labute approximate surface area is 141 Å². The molecule has 1 aromatic carbocycles. The molecule has 0 atom stereocenters. The van der Waals surface area contributed by atoms with Gasteiger partial charge in [-0.2, -0.15) is 0 Å². The van der Waals surface area contributed by atoms with Crippen LogP contribution in [0.1, 0.15) is 32.1 Å². The SMILES string of the molecule is CN(C(=O)COc1ccc(Cl)c2cccnc12)C1CCCCC1. The Morgan fingerprint density at radius 1 is 1.30 bits per heavy atom. The lowest BCUT2D eigenvalue weighted by molar-refractivity contribution is -0.134. The largest absolute Gasteiger partial charge is 0.481 e. The van der Waals surface area contributed by atoms with Crippen molar-refractivity contribution >= 4 is 28.4 Å². The van der Waals surface area contributed by atoms with Crippen molar-refractivity contribution in [3.05, 3.63) is 35.5 Å². The molecule has 0 N–H and O–H groups in total. The summed E-state index contributed by atoms with van der Waals surface area (Å²) in [7, 11) is 1.87. The average Bonchev–Trinajstić information content (AvgIpc) is 2.61. The van der Waals surface area contributed by atoms with Crippen LogP contribution >= 0.6 is 11.6 Å². The molecule has 23 heavy (non-hydrogen) atoms. The monoisotopic (exact) mass is 332 g/mol. The molecule has 5 heteroatoms. The van der Waals surface area contributed by atoms with Crippen molar-refractivity contribution in [2.45, 2.75) is 38.1 Å². The first-order valence-corrected chi connectivity index (χ1v) is 8.46. The molecule has 122 valence electrons. The van der Waals surface area contributed by atoms with E-state index < -0.39 is 0 Å². The van der Waals surface area contributed by atoms with Gasteiger partial charge in [-0.05, 0) is 37.1 Å². The lowest BCUT2D eigenvalue weighted by atomic mass is 9.94. The van der Waals surface area contributed by atoms with E-state index in [4.69, 9.17) is 16.3 Å². The third-order valence-electron chi connectivity index (χ3n) is 4.55. The van der Waals surface area contributed by atoms with Crippen LogP contribution in [-0.4, -0.2) is 35.5 Å². The number of hydrogen-bond donors (Lipinski definition) is 0. The zero-order chi connectivity index (χ0) is 16.2. The fourth-order valence-corrected chi connectivity index (χ4v) is 3.36. The molecule has 1 aliphatic rings. The number of rotatable bonds is 4. The molecular weight excluding hydrogens is 312 g/mol. The highest BCUT2D eigenvalue weighted by atomic mass is 35.5. The molecule has 0 spiro atoms. The van der Waals surface area contributed by atoms with E-state index in [-0.39, 0.29) is 12.5 Å². The average molecular weight is 333 g/mol. The van der Waals surface area contributed by atoms with Crippen LogP contribution in [0.25, 0.3) is 10.9 Å². The highest BCUT2D eigenvalue weighted by molar-refractivity contribution is 6.35. The van der Waals surface area contributed by atoms with Crippen LogP contribution < -0.4 is 4.74 Å². The minimum atomic E-state index is 0.0101. The molecular formula is C18H21ClN2O2. The van der Waals surface area contributed by atoms with Crippen LogP contribution in [0.3, 0.4) is 0 Å². The van der Waals surface area contributed by atoms with E-state index in [1.807, 2.05) is 24.1 Å². The van der Waals surface area contributed by atoms with Gasteiger partial charge in [-0.25, -0.2) is 0 Å². The van der Waals surface area contributed by atoms with Gasteiger partial charge in [0, 0.05) is 24.7 Å². The van der Waals surface area contributed by atoms with Crippen molar-refractivity contribution in [1.29, 1.82) is 0 Å². The Morgan fingerprint density at radius 3 is 2.87 bits per heavy atom. The summed E-state index contributed by atoms with van der Waals surface area (Å²) >= 11 is 6.17. The van der Waals surface area contributed by atoms with Crippen LogP contribution in [0, 0.1) is 0 Å². The summed E-state index contributed by atoms with van der Waals surface area (Å²) in [5.41, 5.74) is 0.688. The van der Waals surface area contributed by atoms with Crippen molar-refractivity contribution in [2.75, 3.05) is 13.7 Å². The second kappa shape index (κ2) is 7.18. The number of likely N-dealkylation sites (N-methyl/N-ethyl adjacent to an activating group) is 1. The number of fused-ring (bicyclic) bond motifs is 1. The number of nitrogens with zero attached hydrogens (tertiary/aromatic N) is 2. The fraction of sp³-hybridized carbons (Fsp3) is 0.444. The summed E-state index contributed by atoms with van der Waals surface area (Å²) in [6, 6.07) is 7.62. The normalized spacial score (nSPS) is 15.6. The number of hydrogen-bond acceptors (Lipinski definition) is 3. The van der Waals surface area contributed by atoms with Gasteiger partial charge in [0.1, 0.15) is 11.3 Å². The molecule has 3 rings (SSSR count). The highest BCUT2D eigenvalue weighted by Gasteiger charge is 2.22. The maximum absolute atomic E-state index is 12.4. The Balaban J connectivity index is 1.68. The molecule has 1 saturated carbocycles. The Hall–Kier alpha value is -1.81. The van der Waals surface area contributed by atoms with Crippen molar-refractivity contribution in [2.24, 2.45) is 0 Å². The number of ether oxygens (including phenoxy) is 1.